The number of aliphatic carboxylic acids is 1. The van der Waals surface area contributed by atoms with Crippen LogP contribution < -0.4 is 0 Å². The van der Waals surface area contributed by atoms with Crippen molar-refractivity contribution in [1.82, 2.24) is 9.80 Å². The van der Waals surface area contributed by atoms with Crippen LogP contribution in [0.4, 0.5) is 0 Å². The summed E-state index contributed by atoms with van der Waals surface area (Å²) in [7, 11) is 0. The van der Waals surface area contributed by atoms with Gasteiger partial charge in [-0.2, -0.15) is 0 Å². The number of piperazine rings is 1. The Morgan fingerprint density at radius 1 is 0.964 bits per heavy atom. The van der Waals surface area contributed by atoms with Gasteiger partial charge in [0.05, 0.1) is 0 Å². The zero-order valence-electron chi connectivity index (χ0n) is 16.6. The number of carboxylic acids is 1. The minimum absolute atomic E-state index is 0.0624. The number of hydrogen-bond donors (Lipinski definition) is 1. The van der Waals surface area contributed by atoms with E-state index in [1.54, 1.807) is 0 Å². The van der Waals surface area contributed by atoms with Crippen molar-refractivity contribution in [2.45, 2.75) is 32.7 Å². The van der Waals surface area contributed by atoms with Crippen LogP contribution in [0.25, 0.3) is 0 Å². The van der Waals surface area contributed by atoms with Gasteiger partial charge in [0.25, 0.3) is 5.91 Å². The molecule has 148 valence electrons. The van der Waals surface area contributed by atoms with Crippen LogP contribution in [0.15, 0.2) is 48.5 Å². The third-order valence-corrected chi connectivity index (χ3v) is 5.51. The maximum absolute atomic E-state index is 12.8. The quantitative estimate of drug-likeness (QED) is 0.831. The molecule has 5 heteroatoms. The van der Waals surface area contributed by atoms with Crippen molar-refractivity contribution in [2.75, 3.05) is 26.2 Å². The molecule has 1 heterocycles. The zero-order valence-corrected chi connectivity index (χ0v) is 16.6. The van der Waals surface area contributed by atoms with E-state index in [0.29, 0.717) is 19.5 Å². The van der Waals surface area contributed by atoms with Crippen LogP contribution in [0.3, 0.4) is 0 Å². The number of carboxylic acid groups (broad SMARTS) is 1. The topological polar surface area (TPSA) is 60.9 Å². The number of carbonyl (C=O) groups excluding carboxylic acids is 1. The molecule has 1 atom stereocenters. The van der Waals surface area contributed by atoms with Crippen LogP contribution in [0.5, 0.6) is 0 Å². The minimum atomic E-state index is -0.773. The summed E-state index contributed by atoms with van der Waals surface area (Å²) in [5, 5.41) is 9.15. The first-order valence-corrected chi connectivity index (χ1v) is 9.83. The summed E-state index contributed by atoms with van der Waals surface area (Å²) in [6.07, 6.45) is 0.713. The minimum Gasteiger partial charge on any atom is -0.481 e. The number of aryl methyl sites for hydroxylation is 2. The molecule has 28 heavy (non-hydrogen) atoms. The lowest BCUT2D eigenvalue weighted by atomic mass is 9.98. The molecule has 1 aliphatic rings. The van der Waals surface area contributed by atoms with Gasteiger partial charge < -0.3 is 10.0 Å². The molecule has 0 unspecified atom stereocenters. The lowest BCUT2D eigenvalue weighted by Crippen LogP contribution is -2.49. The second kappa shape index (κ2) is 9.02. The molecule has 1 amide bonds. The Bertz CT molecular complexity index is 824. The highest BCUT2D eigenvalue weighted by Crippen LogP contribution is 2.27. The van der Waals surface area contributed by atoms with Gasteiger partial charge in [-0.1, -0.05) is 48.0 Å². The van der Waals surface area contributed by atoms with E-state index in [4.69, 9.17) is 5.11 Å². The second-order valence-electron chi connectivity index (χ2n) is 7.50. The Kier molecular flexibility index (Phi) is 6.47. The van der Waals surface area contributed by atoms with E-state index >= 15 is 0 Å². The molecule has 1 saturated heterocycles. The fourth-order valence-electron chi connectivity index (χ4n) is 3.83. The SMILES string of the molecule is Cc1ccc([C@H](CCC(=O)O)N2CCN(C(=O)c3ccccc3C)CC2)cc1. The van der Waals surface area contributed by atoms with Crippen molar-refractivity contribution in [1.29, 1.82) is 0 Å². The molecule has 0 aromatic heterocycles. The number of carbonyl (C=O) groups is 2. The largest absolute Gasteiger partial charge is 0.481 e. The maximum atomic E-state index is 12.8. The summed E-state index contributed by atoms with van der Waals surface area (Å²) in [6, 6.07) is 16.1. The fraction of sp³-hybridized carbons (Fsp3) is 0.391. The van der Waals surface area contributed by atoms with Crippen molar-refractivity contribution in [3.63, 3.8) is 0 Å². The lowest BCUT2D eigenvalue weighted by Gasteiger charge is -2.39. The van der Waals surface area contributed by atoms with Crippen LogP contribution >= 0.6 is 0 Å². The molecular formula is C23H28N2O3. The monoisotopic (exact) mass is 380 g/mol. The number of benzene rings is 2. The first kappa shape index (κ1) is 20.1. The molecule has 0 aliphatic carbocycles. The number of nitrogens with zero attached hydrogens (tertiary/aromatic N) is 2. The van der Waals surface area contributed by atoms with E-state index in [-0.39, 0.29) is 18.4 Å². The van der Waals surface area contributed by atoms with Gasteiger partial charge in [0.15, 0.2) is 0 Å². The average molecular weight is 380 g/mol. The van der Waals surface area contributed by atoms with Crippen molar-refractivity contribution >= 4 is 11.9 Å². The third kappa shape index (κ3) is 4.78. The van der Waals surface area contributed by atoms with Crippen molar-refractivity contribution < 1.29 is 14.7 Å². The first-order chi connectivity index (χ1) is 13.5. The van der Waals surface area contributed by atoms with E-state index < -0.39 is 5.97 Å². The van der Waals surface area contributed by atoms with E-state index in [0.717, 1.165) is 29.8 Å². The molecule has 3 rings (SSSR count). The predicted molar refractivity (Wildman–Crippen MR) is 109 cm³/mol. The summed E-state index contributed by atoms with van der Waals surface area (Å²) in [4.78, 5) is 28.2. The Morgan fingerprint density at radius 3 is 2.21 bits per heavy atom. The lowest BCUT2D eigenvalue weighted by molar-refractivity contribution is -0.137. The summed E-state index contributed by atoms with van der Waals surface area (Å²) in [6.45, 7) is 6.81. The van der Waals surface area contributed by atoms with Crippen molar-refractivity contribution in [2.24, 2.45) is 0 Å². The summed E-state index contributed by atoms with van der Waals surface area (Å²) >= 11 is 0. The Balaban J connectivity index is 1.69. The Hall–Kier alpha value is -2.66. The molecule has 1 fully saturated rings. The van der Waals surface area contributed by atoms with Crippen LogP contribution in [0.2, 0.25) is 0 Å². The number of hydrogen-bond acceptors (Lipinski definition) is 3. The van der Waals surface area contributed by atoms with Crippen LogP contribution in [-0.2, 0) is 4.79 Å². The van der Waals surface area contributed by atoms with Gasteiger partial charge >= 0.3 is 5.97 Å². The highest BCUT2D eigenvalue weighted by atomic mass is 16.4. The molecule has 1 N–H and O–H groups in total. The van der Waals surface area contributed by atoms with Gasteiger partial charge in [-0.25, -0.2) is 0 Å². The Morgan fingerprint density at radius 2 is 1.61 bits per heavy atom. The summed E-state index contributed by atoms with van der Waals surface area (Å²) < 4.78 is 0. The van der Waals surface area contributed by atoms with Crippen molar-refractivity contribution in [3.8, 4) is 0 Å². The van der Waals surface area contributed by atoms with Gasteiger partial charge in [0.2, 0.25) is 0 Å². The molecule has 0 bridgehead atoms. The summed E-state index contributed by atoms with van der Waals surface area (Å²) in [5.74, 6) is -0.694. The van der Waals surface area contributed by atoms with E-state index in [1.807, 2.05) is 43.0 Å². The standard InChI is InChI=1S/C23H28N2O3/c1-17-7-9-19(10-8-17)21(11-12-22(26)27)24-13-15-25(16-14-24)23(28)20-6-4-3-5-18(20)2/h3-10,21H,11-16H2,1-2H3,(H,26,27)/t21-/m0/s1. The highest BCUT2D eigenvalue weighted by Gasteiger charge is 2.28. The van der Waals surface area contributed by atoms with E-state index in [9.17, 15) is 9.59 Å². The maximum Gasteiger partial charge on any atom is 0.303 e. The van der Waals surface area contributed by atoms with Gasteiger partial charge in [-0.15, -0.1) is 0 Å². The van der Waals surface area contributed by atoms with Crippen molar-refractivity contribution in [3.05, 3.63) is 70.8 Å². The second-order valence-corrected chi connectivity index (χ2v) is 7.50. The van der Waals surface area contributed by atoms with Gasteiger partial charge in [0.1, 0.15) is 0 Å². The summed E-state index contributed by atoms with van der Waals surface area (Å²) in [5.41, 5.74) is 4.09. The van der Waals surface area contributed by atoms with Gasteiger partial charge in [-0.05, 0) is 37.5 Å². The van der Waals surface area contributed by atoms with Crippen LogP contribution in [-0.4, -0.2) is 53.0 Å². The predicted octanol–water partition coefficient (Wildman–Crippen LogP) is 3.67. The number of rotatable bonds is 6. The average Bonchev–Trinajstić information content (AvgIpc) is 2.69. The first-order valence-electron chi connectivity index (χ1n) is 9.83. The van der Waals surface area contributed by atoms with E-state index in [1.165, 1.54) is 5.56 Å². The molecule has 2 aromatic carbocycles. The molecular weight excluding hydrogens is 352 g/mol. The zero-order chi connectivity index (χ0) is 20.1. The fourth-order valence-corrected chi connectivity index (χ4v) is 3.83. The molecule has 0 radical (unpaired) electrons. The molecule has 0 spiro atoms. The van der Waals surface area contributed by atoms with Crippen LogP contribution in [0, 0.1) is 13.8 Å². The molecule has 2 aromatic rings. The normalized spacial score (nSPS) is 16.0. The Labute approximate surface area is 166 Å². The highest BCUT2D eigenvalue weighted by molar-refractivity contribution is 5.95. The van der Waals surface area contributed by atoms with Crippen LogP contribution in [0.1, 0.15) is 45.9 Å². The molecule has 1 aliphatic heterocycles. The van der Waals surface area contributed by atoms with Gasteiger partial charge in [-0.3, -0.25) is 14.5 Å². The number of amides is 1. The molecule has 0 saturated carbocycles. The van der Waals surface area contributed by atoms with Gasteiger partial charge in [0, 0.05) is 44.2 Å². The third-order valence-electron chi connectivity index (χ3n) is 5.51. The molecule has 5 nitrogen and oxygen atoms in total. The van der Waals surface area contributed by atoms with E-state index in [2.05, 4.69) is 29.2 Å². The smallest absolute Gasteiger partial charge is 0.303 e.